The van der Waals surface area contributed by atoms with E-state index in [1.807, 2.05) is 0 Å². The van der Waals surface area contributed by atoms with Crippen LogP contribution in [0.5, 0.6) is 0 Å². The zero-order valence-electron chi connectivity index (χ0n) is 8.62. The maximum atomic E-state index is 11.4. The molecule has 0 radical (unpaired) electrons. The summed E-state index contributed by atoms with van der Waals surface area (Å²) in [6, 6.07) is 5.94. The number of cyclic esters (lactones) is 1. The van der Waals surface area contributed by atoms with Gasteiger partial charge in [0, 0.05) is 6.07 Å². The second-order valence-corrected chi connectivity index (χ2v) is 3.54. The van der Waals surface area contributed by atoms with Crippen LogP contribution >= 0.6 is 0 Å². The third-order valence-corrected chi connectivity index (χ3v) is 2.42. The Kier molecular flexibility index (Phi) is 2.47. The maximum absolute atomic E-state index is 11.4. The number of rotatable bonds is 2. The first-order valence-electron chi connectivity index (χ1n) is 4.80. The summed E-state index contributed by atoms with van der Waals surface area (Å²) >= 11 is 0. The van der Waals surface area contributed by atoms with Crippen molar-refractivity contribution >= 4 is 17.5 Å². The van der Waals surface area contributed by atoms with Crippen molar-refractivity contribution in [2.45, 2.75) is 13.0 Å². The predicted molar refractivity (Wildman–Crippen MR) is 56.4 cm³/mol. The van der Waals surface area contributed by atoms with Gasteiger partial charge in [-0.1, -0.05) is 12.1 Å². The first-order chi connectivity index (χ1) is 7.61. The van der Waals surface area contributed by atoms with Crippen molar-refractivity contribution in [1.29, 1.82) is 0 Å². The molecule has 0 aromatic heterocycles. The van der Waals surface area contributed by atoms with Gasteiger partial charge in [-0.05, 0) is 13.0 Å². The number of hydrogen-bond acceptors (Lipinski definition) is 4. The third-order valence-electron chi connectivity index (χ3n) is 2.42. The Bertz CT molecular complexity index is 446. The van der Waals surface area contributed by atoms with Crippen molar-refractivity contribution in [3.63, 3.8) is 0 Å². The lowest BCUT2D eigenvalue weighted by atomic mass is 10.2. The summed E-state index contributed by atoms with van der Waals surface area (Å²) in [5.74, 6) is 0. The Morgan fingerprint density at radius 3 is 2.75 bits per heavy atom. The van der Waals surface area contributed by atoms with E-state index in [9.17, 15) is 14.9 Å². The van der Waals surface area contributed by atoms with E-state index in [-0.39, 0.29) is 24.0 Å². The van der Waals surface area contributed by atoms with E-state index >= 15 is 0 Å². The number of nitro groups is 1. The van der Waals surface area contributed by atoms with Crippen LogP contribution in [-0.2, 0) is 4.74 Å². The van der Waals surface area contributed by atoms with Crippen LogP contribution in [0, 0.1) is 10.1 Å². The zero-order chi connectivity index (χ0) is 11.7. The van der Waals surface area contributed by atoms with Gasteiger partial charge >= 0.3 is 6.09 Å². The minimum atomic E-state index is -0.540. The van der Waals surface area contributed by atoms with Gasteiger partial charge in [-0.25, -0.2) is 4.79 Å². The summed E-state index contributed by atoms with van der Waals surface area (Å²) in [5, 5.41) is 10.8. The quantitative estimate of drug-likeness (QED) is 0.566. The highest BCUT2D eigenvalue weighted by Crippen LogP contribution is 2.31. The molecule has 1 aromatic rings. The molecule has 0 N–H and O–H groups in total. The topological polar surface area (TPSA) is 72.7 Å². The average Bonchev–Trinajstić information content (AvgIpc) is 2.58. The number of para-hydroxylation sites is 2. The third kappa shape index (κ3) is 1.58. The SMILES string of the molecule is C[C@H]1COC(=O)N1c1ccccc1[N+](=O)[O-]. The molecule has 1 saturated heterocycles. The number of nitrogens with zero attached hydrogens (tertiary/aromatic N) is 2. The Morgan fingerprint density at radius 1 is 1.50 bits per heavy atom. The summed E-state index contributed by atoms with van der Waals surface area (Å²) in [5.41, 5.74) is 0.190. The molecule has 6 nitrogen and oxygen atoms in total. The van der Waals surface area contributed by atoms with Gasteiger partial charge in [0.2, 0.25) is 0 Å². The summed E-state index contributed by atoms with van der Waals surface area (Å²) in [4.78, 5) is 23.1. The highest BCUT2D eigenvalue weighted by atomic mass is 16.6. The fourth-order valence-corrected chi connectivity index (χ4v) is 1.67. The summed E-state index contributed by atoms with van der Waals surface area (Å²) in [6.45, 7) is 2.03. The van der Waals surface area contributed by atoms with Gasteiger partial charge in [0.25, 0.3) is 5.69 Å². The van der Waals surface area contributed by atoms with Gasteiger partial charge in [0.05, 0.1) is 11.0 Å². The van der Waals surface area contributed by atoms with E-state index in [2.05, 4.69) is 0 Å². The van der Waals surface area contributed by atoms with Crippen LogP contribution in [0.15, 0.2) is 24.3 Å². The Balaban J connectivity index is 2.47. The predicted octanol–water partition coefficient (Wildman–Crippen LogP) is 1.94. The number of benzene rings is 1. The first kappa shape index (κ1) is 10.4. The molecule has 1 aliphatic heterocycles. The molecule has 0 aliphatic carbocycles. The Morgan fingerprint density at radius 2 is 2.19 bits per heavy atom. The van der Waals surface area contributed by atoms with Gasteiger partial charge < -0.3 is 4.74 Å². The molecule has 2 rings (SSSR count). The lowest BCUT2D eigenvalue weighted by Crippen LogP contribution is -2.31. The van der Waals surface area contributed by atoms with E-state index in [4.69, 9.17) is 4.74 Å². The molecule has 1 aliphatic rings. The molecule has 84 valence electrons. The second-order valence-electron chi connectivity index (χ2n) is 3.54. The maximum Gasteiger partial charge on any atom is 0.414 e. The lowest BCUT2D eigenvalue weighted by Gasteiger charge is -2.17. The molecule has 0 unspecified atom stereocenters. The molecule has 1 heterocycles. The molecule has 0 saturated carbocycles. The van der Waals surface area contributed by atoms with E-state index in [1.165, 1.54) is 11.0 Å². The summed E-state index contributed by atoms with van der Waals surface area (Å²) in [7, 11) is 0. The fourth-order valence-electron chi connectivity index (χ4n) is 1.67. The lowest BCUT2D eigenvalue weighted by molar-refractivity contribution is -0.384. The van der Waals surface area contributed by atoms with Crippen molar-refractivity contribution in [2.24, 2.45) is 0 Å². The molecule has 16 heavy (non-hydrogen) atoms. The van der Waals surface area contributed by atoms with E-state index in [0.29, 0.717) is 0 Å². The van der Waals surface area contributed by atoms with Crippen LogP contribution in [0.25, 0.3) is 0 Å². The first-order valence-corrected chi connectivity index (χ1v) is 4.80. The van der Waals surface area contributed by atoms with Gasteiger partial charge in [-0.15, -0.1) is 0 Å². The van der Waals surface area contributed by atoms with Crippen LogP contribution in [0.4, 0.5) is 16.2 Å². The molecular formula is C10H10N2O4. The van der Waals surface area contributed by atoms with E-state index in [0.717, 1.165) is 0 Å². The van der Waals surface area contributed by atoms with Crippen LogP contribution < -0.4 is 4.90 Å². The van der Waals surface area contributed by atoms with Crippen molar-refractivity contribution in [3.8, 4) is 0 Å². The summed E-state index contributed by atoms with van der Waals surface area (Å²) in [6.07, 6.45) is -0.540. The smallest absolute Gasteiger partial charge is 0.414 e. The highest BCUT2D eigenvalue weighted by Gasteiger charge is 2.34. The number of carbonyl (C=O) groups is 1. The van der Waals surface area contributed by atoms with E-state index in [1.54, 1.807) is 25.1 Å². The zero-order valence-corrected chi connectivity index (χ0v) is 8.62. The minimum absolute atomic E-state index is 0.0896. The monoisotopic (exact) mass is 222 g/mol. The van der Waals surface area contributed by atoms with Crippen molar-refractivity contribution in [1.82, 2.24) is 0 Å². The number of hydrogen-bond donors (Lipinski definition) is 0. The number of anilines is 1. The highest BCUT2D eigenvalue weighted by molar-refractivity contribution is 5.92. The van der Waals surface area contributed by atoms with Crippen molar-refractivity contribution in [3.05, 3.63) is 34.4 Å². The summed E-state index contributed by atoms with van der Waals surface area (Å²) < 4.78 is 4.83. The van der Waals surface area contributed by atoms with Gasteiger partial charge in [-0.2, -0.15) is 0 Å². The Hall–Kier alpha value is -2.11. The largest absolute Gasteiger partial charge is 0.447 e. The van der Waals surface area contributed by atoms with Gasteiger partial charge in [0.15, 0.2) is 0 Å². The molecule has 0 bridgehead atoms. The number of nitro benzene ring substituents is 1. The number of carbonyl (C=O) groups excluding carboxylic acids is 1. The number of ether oxygens (including phenoxy) is 1. The van der Waals surface area contributed by atoms with Gasteiger partial charge in [0.1, 0.15) is 12.3 Å². The molecule has 6 heteroatoms. The van der Waals surface area contributed by atoms with Crippen LogP contribution in [0.3, 0.4) is 0 Å². The molecule has 1 amide bonds. The normalized spacial score (nSPS) is 19.7. The molecule has 0 spiro atoms. The van der Waals surface area contributed by atoms with E-state index < -0.39 is 11.0 Å². The van der Waals surface area contributed by atoms with Crippen LogP contribution in [0.2, 0.25) is 0 Å². The Labute approximate surface area is 91.6 Å². The molecular weight excluding hydrogens is 212 g/mol. The number of amides is 1. The fraction of sp³-hybridized carbons (Fsp3) is 0.300. The van der Waals surface area contributed by atoms with Crippen LogP contribution in [0.1, 0.15) is 6.92 Å². The van der Waals surface area contributed by atoms with Gasteiger partial charge in [-0.3, -0.25) is 15.0 Å². The molecule has 1 atom stereocenters. The van der Waals surface area contributed by atoms with Crippen LogP contribution in [-0.4, -0.2) is 23.7 Å². The minimum Gasteiger partial charge on any atom is -0.447 e. The molecule has 1 fully saturated rings. The van der Waals surface area contributed by atoms with Crippen molar-refractivity contribution < 1.29 is 14.5 Å². The average molecular weight is 222 g/mol. The van der Waals surface area contributed by atoms with Crippen molar-refractivity contribution in [2.75, 3.05) is 11.5 Å². The molecule has 1 aromatic carbocycles. The second kappa shape index (κ2) is 3.80. The standard InChI is InChI=1S/C10H10N2O4/c1-7-6-16-10(13)11(7)8-4-2-3-5-9(8)12(14)15/h2-5,7H,6H2,1H3/t7-/m0/s1.